The lowest BCUT2D eigenvalue weighted by Gasteiger charge is -2.10. The van der Waals surface area contributed by atoms with E-state index in [1.54, 1.807) is 0 Å². The molecule has 1 heterocycles. The van der Waals surface area contributed by atoms with Gasteiger partial charge in [0.2, 0.25) is 0 Å². The SMILES string of the molecule is CC(O)c1cn(-c2ccc(Br)c(C(F)(F)F)c2)nn1. The van der Waals surface area contributed by atoms with Gasteiger partial charge < -0.3 is 5.11 Å². The minimum atomic E-state index is -4.46. The number of benzene rings is 1. The first kappa shape index (κ1) is 14.0. The van der Waals surface area contributed by atoms with Gasteiger partial charge in [0.25, 0.3) is 0 Å². The van der Waals surface area contributed by atoms with Crippen molar-refractivity contribution in [2.24, 2.45) is 0 Å². The van der Waals surface area contributed by atoms with Crippen molar-refractivity contribution in [3.8, 4) is 5.69 Å². The highest BCUT2D eigenvalue weighted by atomic mass is 79.9. The molecule has 19 heavy (non-hydrogen) atoms. The van der Waals surface area contributed by atoms with Gasteiger partial charge >= 0.3 is 6.18 Å². The van der Waals surface area contributed by atoms with Crippen molar-refractivity contribution in [3.05, 3.63) is 40.1 Å². The van der Waals surface area contributed by atoms with E-state index in [0.29, 0.717) is 0 Å². The predicted octanol–water partition coefficient (Wildman–Crippen LogP) is 3.10. The molecular weight excluding hydrogens is 327 g/mol. The lowest BCUT2D eigenvalue weighted by molar-refractivity contribution is -0.138. The van der Waals surface area contributed by atoms with Crippen LogP contribution in [-0.2, 0) is 6.18 Å². The van der Waals surface area contributed by atoms with E-state index in [1.807, 2.05) is 0 Å². The van der Waals surface area contributed by atoms with E-state index in [4.69, 9.17) is 0 Å². The van der Waals surface area contributed by atoms with Crippen LogP contribution in [0.1, 0.15) is 24.3 Å². The zero-order valence-corrected chi connectivity index (χ0v) is 11.3. The molecule has 0 aliphatic carbocycles. The number of alkyl halides is 3. The van der Waals surface area contributed by atoms with Crippen molar-refractivity contribution in [1.29, 1.82) is 0 Å². The summed E-state index contributed by atoms with van der Waals surface area (Å²) in [6, 6.07) is 3.73. The van der Waals surface area contributed by atoms with Gasteiger partial charge in [0.1, 0.15) is 5.69 Å². The largest absolute Gasteiger partial charge is 0.417 e. The molecule has 0 saturated carbocycles. The average molecular weight is 336 g/mol. The molecule has 0 spiro atoms. The lowest BCUT2D eigenvalue weighted by atomic mass is 10.2. The number of hydrogen-bond acceptors (Lipinski definition) is 3. The van der Waals surface area contributed by atoms with Crippen LogP contribution < -0.4 is 0 Å². The van der Waals surface area contributed by atoms with Crippen molar-refractivity contribution in [1.82, 2.24) is 15.0 Å². The Morgan fingerprint density at radius 1 is 1.37 bits per heavy atom. The van der Waals surface area contributed by atoms with Gasteiger partial charge in [-0.25, -0.2) is 4.68 Å². The smallest absolute Gasteiger partial charge is 0.387 e. The molecule has 0 amide bonds. The summed E-state index contributed by atoms with van der Waals surface area (Å²) >= 11 is 2.86. The van der Waals surface area contributed by atoms with Gasteiger partial charge in [0, 0.05) is 4.47 Å². The third-order valence-electron chi connectivity index (χ3n) is 2.46. The molecule has 2 rings (SSSR count). The van der Waals surface area contributed by atoms with E-state index < -0.39 is 17.8 Å². The molecule has 0 radical (unpaired) electrons. The fourth-order valence-corrected chi connectivity index (χ4v) is 1.94. The highest BCUT2D eigenvalue weighted by Crippen LogP contribution is 2.35. The highest BCUT2D eigenvalue weighted by Gasteiger charge is 2.33. The number of halogens is 4. The maximum Gasteiger partial charge on any atom is 0.417 e. The Kier molecular flexibility index (Phi) is 3.64. The van der Waals surface area contributed by atoms with Crippen molar-refractivity contribution in [2.75, 3.05) is 0 Å². The van der Waals surface area contributed by atoms with Gasteiger partial charge in [-0.2, -0.15) is 13.2 Å². The zero-order chi connectivity index (χ0) is 14.2. The van der Waals surface area contributed by atoms with Crippen LogP contribution >= 0.6 is 15.9 Å². The Morgan fingerprint density at radius 3 is 2.58 bits per heavy atom. The molecule has 8 heteroatoms. The number of nitrogens with zero attached hydrogens (tertiary/aromatic N) is 3. The molecule has 0 aliphatic rings. The minimum absolute atomic E-state index is 0.0420. The molecule has 2 aromatic rings. The summed E-state index contributed by atoms with van der Waals surface area (Å²) < 4.78 is 39.4. The maximum absolute atomic E-state index is 12.8. The highest BCUT2D eigenvalue weighted by molar-refractivity contribution is 9.10. The molecular formula is C11H9BrF3N3O. The summed E-state index contributed by atoms with van der Waals surface area (Å²) in [7, 11) is 0. The Labute approximate surface area is 115 Å². The third-order valence-corrected chi connectivity index (χ3v) is 3.15. The molecule has 1 N–H and O–H groups in total. The first-order valence-electron chi connectivity index (χ1n) is 5.26. The summed E-state index contributed by atoms with van der Waals surface area (Å²) in [5, 5.41) is 16.7. The van der Waals surface area contributed by atoms with Gasteiger partial charge in [0.15, 0.2) is 0 Å². The summed E-state index contributed by atoms with van der Waals surface area (Å²) in [5.41, 5.74) is -0.287. The van der Waals surface area contributed by atoms with Gasteiger partial charge in [-0.05, 0) is 25.1 Å². The molecule has 4 nitrogen and oxygen atoms in total. The molecule has 1 aromatic carbocycles. The van der Waals surface area contributed by atoms with Gasteiger partial charge in [-0.1, -0.05) is 21.1 Å². The molecule has 1 atom stereocenters. The first-order valence-corrected chi connectivity index (χ1v) is 6.06. The molecule has 102 valence electrons. The average Bonchev–Trinajstić information content (AvgIpc) is 2.77. The monoisotopic (exact) mass is 335 g/mol. The summed E-state index contributed by atoms with van der Waals surface area (Å²) in [6.45, 7) is 1.50. The maximum atomic E-state index is 12.8. The summed E-state index contributed by atoms with van der Waals surface area (Å²) in [4.78, 5) is 0. The van der Waals surface area contributed by atoms with E-state index in [0.717, 1.165) is 6.07 Å². The van der Waals surface area contributed by atoms with Crippen LogP contribution in [0, 0.1) is 0 Å². The van der Waals surface area contributed by atoms with Gasteiger partial charge in [-0.3, -0.25) is 0 Å². The number of rotatable bonds is 2. The second kappa shape index (κ2) is 4.93. The van der Waals surface area contributed by atoms with E-state index in [9.17, 15) is 18.3 Å². The quantitative estimate of drug-likeness (QED) is 0.917. The molecule has 0 fully saturated rings. The van der Waals surface area contributed by atoms with Crippen LogP contribution in [0.5, 0.6) is 0 Å². The fourth-order valence-electron chi connectivity index (χ4n) is 1.47. The van der Waals surface area contributed by atoms with Gasteiger partial charge in [-0.15, -0.1) is 5.10 Å². The number of aliphatic hydroxyl groups is 1. The lowest BCUT2D eigenvalue weighted by Crippen LogP contribution is -2.07. The first-order chi connectivity index (χ1) is 8.79. The summed E-state index contributed by atoms with van der Waals surface area (Å²) in [5.74, 6) is 0. The molecule has 1 unspecified atom stereocenters. The van der Waals surface area contributed by atoms with Crippen LogP contribution in [0.25, 0.3) is 5.69 Å². The summed E-state index contributed by atoms with van der Waals surface area (Å²) in [6.07, 6.45) is -3.90. The van der Waals surface area contributed by atoms with Crippen molar-refractivity contribution < 1.29 is 18.3 Å². The predicted molar refractivity (Wildman–Crippen MR) is 64.7 cm³/mol. The van der Waals surface area contributed by atoms with Crippen LogP contribution in [0.4, 0.5) is 13.2 Å². The van der Waals surface area contributed by atoms with E-state index in [1.165, 1.54) is 29.9 Å². The Balaban J connectivity index is 2.45. The Hall–Kier alpha value is -1.41. The molecule has 0 saturated heterocycles. The standard InChI is InChI=1S/C11H9BrF3N3O/c1-6(19)10-5-18(17-16-10)7-2-3-9(12)8(4-7)11(13,14)15/h2-6,19H,1H3. The second-order valence-electron chi connectivity index (χ2n) is 3.93. The van der Waals surface area contributed by atoms with Crippen molar-refractivity contribution in [3.63, 3.8) is 0 Å². The van der Waals surface area contributed by atoms with Gasteiger partial charge in [0.05, 0.1) is 23.6 Å². The second-order valence-corrected chi connectivity index (χ2v) is 4.78. The topological polar surface area (TPSA) is 50.9 Å². The Bertz CT molecular complexity index is 595. The normalized spacial score (nSPS) is 13.6. The van der Waals surface area contributed by atoms with Crippen molar-refractivity contribution in [2.45, 2.75) is 19.2 Å². The van der Waals surface area contributed by atoms with Crippen LogP contribution in [0.2, 0.25) is 0 Å². The van der Waals surface area contributed by atoms with E-state index in [2.05, 4.69) is 26.2 Å². The van der Waals surface area contributed by atoms with Crippen LogP contribution in [-0.4, -0.2) is 20.1 Å². The molecule has 0 bridgehead atoms. The fraction of sp³-hybridized carbons (Fsp3) is 0.273. The molecule has 0 aliphatic heterocycles. The van der Waals surface area contributed by atoms with Crippen LogP contribution in [0.3, 0.4) is 0 Å². The number of aliphatic hydroxyl groups excluding tert-OH is 1. The Morgan fingerprint density at radius 2 is 2.05 bits per heavy atom. The minimum Gasteiger partial charge on any atom is -0.387 e. The number of hydrogen-bond donors (Lipinski definition) is 1. The molecule has 1 aromatic heterocycles. The number of aromatic nitrogens is 3. The van der Waals surface area contributed by atoms with E-state index in [-0.39, 0.29) is 15.9 Å². The van der Waals surface area contributed by atoms with E-state index >= 15 is 0 Å². The van der Waals surface area contributed by atoms with Crippen molar-refractivity contribution >= 4 is 15.9 Å². The zero-order valence-electron chi connectivity index (χ0n) is 9.69. The van der Waals surface area contributed by atoms with Crippen LogP contribution in [0.15, 0.2) is 28.9 Å². The third kappa shape index (κ3) is 2.95.